The molecule has 0 saturated carbocycles. The number of benzene rings is 1. The number of hydrogen-bond donors (Lipinski definition) is 1. The first-order valence-corrected chi connectivity index (χ1v) is 7.04. The summed E-state index contributed by atoms with van der Waals surface area (Å²) in [5.74, 6) is 0.157. The van der Waals surface area contributed by atoms with Crippen LogP contribution in [0.25, 0.3) is 0 Å². The lowest BCUT2D eigenvalue weighted by Crippen LogP contribution is -2.23. The molecule has 1 aromatic carbocycles. The summed E-state index contributed by atoms with van der Waals surface area (Å²) in [6.07, 6.45) is 5.83. The van der Waals surface area contributed by atoms with Gasteiger partial charge in [-0.25, -0.2) is 0 Å². The summed E-state index contributed by atoms with van der Waals surface area (Å²) >= 11 is 0. The van der Waals surface area contributed by atoms with E-state index < -0.39 is 0 Å². The number of nitrogens with one attached hydrogen (secondary N) is 1. The van der Waals surface area contributed by atoms with Gasteiger partial charge in [0.05, 0.1) is 12.0 Å². The van der Waals surface area contributed by atoms with Gasteiger partial charge in [0.25, 0.3) is 0 Å². The predicted molar refractivity (Wildman–Crippen MR) is 74.4 cm³/mol. The van der Waals surface area contributed by atoms with E-state index in [9.17, 15) is 0 Å². The summed E-state index contributed by atoms with van der Waals surface area (Å²) in [5, 5.41) is 12.2. The van der Waals surface area contributed by atoms with Crippen LogP contribution in [-0.2, 0) is 19.3 Å². The monoisotopic (exact) mass is 242 g/mol. The number of fused-ring (bicyclic) bond motifs is 1. The molecule has 1 atom stereocenters. The number of aryl methyl sites for hydroxylation is 2. The molecule has 1 aromatic rings. The number of hydrogen-bond acceptors (Lipinski definition) is 2. The number of nitriles is 1. The molecule has 0 aromatic heterocycles. The molecule has 1 aliphatic rings. The highest BCUT2D eigenvalue weighted by molar-refractivity contribution is 5.35. The van der Waals surface area contributed by atoms with Crippen molar-refractivity contribution in [2.24, 2.45) is 5.92 Å². The van der Waals surface area contributed by atoms with Gasteiger partial charge in [0.15, 0.2) is 0 Å². The fourth-order valence-corrected chi connectivity index (χ4v) is 2.57. The summed E-state index contributed by atoms with van der Waals surface area (Å²) in [6, 6.07) is 9.24. The zero-order chi connectivity index (χ0) is 12.8. The lowest BCUT2D eigenvalue weighted by Gasteiger charge is -2.09. The first kappa shape index (κ1) is 13.1. The molecule has 0 aliphatic heterocycles. The Labute approximate surface area is 110 Å². The van der Waals surface area contributed by atoms with Crippen molar-refractivity contribution in [3.63, 3.8) is 0 Å². The smallest absolute Gasteiger partial charge is 0.0669 e. The van der Waals surface area contributed by atoms with Crippen LogP contribution in [0.4, 0.5) is 0 Å². The molecular formula is C16H22N2. The standard InChI is InChI=1S/C16H22N2/c1-2-13(11-17)12-18-9-8-14-6-7-15-4-3-5-16(15)10-14/h6-7,10,13,18H,2-5,8-9,12H2,1H3. The van der Waals surface area contributed by atoms with Crippen LogP contribution in [0, 0.1) is 17.2 Å². The molecule has 0 spiro atoms. The molecule has 0 fully saturated rings. The Morgan fingerprint density at radius 1 is 1.33 bits per heavy atom. The third-order valence-corrected chi connectivity index (χ3v) is 3.82. The summed E-state index contributed by atoms with van der Waals surface area (Å²) in [5.41, 5.74) is 4.52. The first-order valence-electron chi connectivity index (χ1n) is 7.04. The van der Waals surface area contributed by atoms with Gasteiger partial charge in [0.2, 0.25) is 0 Å². The highest BCUT2D eigenvalue weighted by Gasteiger charge is 2.10. The normalized spacial score (nSPS) is 15.1. The maximum Gasteiger partial charge on any atom is 0.0669 e. The SMILES string of the molecule is CCC(C#N)CNCCc1ccc2c(c1)CCC2. The second-order valence-electron chi connectivity index (χ2n) is 5.15. The molecule has 2 heteroatoms. The average Bonchev–Trinajstić information content (AvgIpc) is 2.86. The van der Waals surface area contributed by atoms with Crippen LogP contribution in [0.5, 0.6) is 0 Å². The van der Waals surface area contributed by atoms with Gasteiger partial charge in [-0.2, -0.15) is 5.26 Å². The average molecular weight is 242 g/mol. The van der Waals surface area contributed by atoms with Crippen molar-refractivity contribution in [2.75, 3.05) is 13.1 Å². The maximum absolute atomic E-state index is 8.86. The molecule has 0 heterocycles. The summed E-state index contributed by atoms with van der Waals surface area (Å²) in [6.45, 7) is 3.85. The second kappa shape index (κ2) is 6.56. The molecular weight excluding hydrogens is 220 g/mol. The van der Waals surface area contributed by atoms with Crippen molar-refractivity contribution >= 4 is 0 Å². The van der Waals surface area contributed by atoms with Crippen molar-refractivity contribution in [1.82, 2.24) is 5.32 Å². The third kappa shape index (κ3) is 3.34. The van der Waals surface area contributed by atoms with Crippen molar-refractivity contribution in [2.45, 2.75) is 39.0 Å². The molecule has 0 bridgehead atoms. The molecule has 96 valence electrons. The zero-order valence-corrected chi connectivity index (χ0v) is 11.2. The summed E-state index contributed by atoms with van der Waals surface area (Å²) < 4.78 is 0. The minimum Gasteiger partial charge on any atom is -0.315 e. The molecule has 1 N–H and O–H groups in total. The van der Waals surface area contributed by atoms with Crippen LogP contribution in [0.1, 0.15) is 36.5 Å². The number of nitrogens with zero attached hydrogens (tertiary/aromatic N) is 1. The van der Waals surface area contributed by atoms with Gasteiger partial charge in [-0.15, -0.1) is 0 Å². The molecule has 18 heavy (non-hydrogen) atoms. The highest BCUT2D eigenvalue weighted by atomic mass is 14.8. The fraction of sp³-hybridized carbons (Fsp3) is 0.562. The molecule has 2 nitrogen and oxygen atoms in total. The van der Waals surface area contributed by atoms with Gasteiger partial charge in [0, 0.05) is 6.54 Å². The van der Waals surface area contributed by atoms with Crippen LogP contribution < -0.4 is 5.32 Å². The minimum atomic E-state index is 0.157. The van der Waals surface area contributed by atoms with Gasteiger partial charge in [0.1, 0.15) is 0 Å². The fourth-order valence-electron chi connectivity index (χ4n) is 2.57. The molecule has 0 radical (unpaired) electrons. The Balaban J connectivity index is 1.76. The van der Waals surface area contributed by atoms with Gasteiger partial charge in [-0.1, -0.05) is 25.1 Å². The van der Waals surface area contributed by atoms with E-state index in [1.54, 1.807) is 11.1 Å². The highest BCUT2D eigenvalue weighted by Crippen LogP contribution is 2.22. The Bertz CT molecular complexity index is 431. The molecule has 2 rings (SSSR count). The van der Waals surface area contributed by atoms with E-state index in [1.807, 2.05) is 0 Å². The van der Waals surface area contributed by atoms with Crippen molar-refractivity contribution < 1.29 is 0 Å². The van der Waals surface area contributed by atoms with Crippen molar-refractivity contribution in [1.29, 1.82) is 5.26 Å². The van der Waals surface area contributed by atoms with Gasteiger partial charge < -0.3 is 5.32 Å². The van der Waals surface area contributed by atoms with E-state index in [0.717, 1.165) is 25.9 Å². The molecule has 0 amide bonds. The van der Waals surface area contributed by atoms with E-state index in [1.165, 1.54) is 24.8 Å². The molecule has 1 unspecified atom stereocenters. The van der Waals surface area contributed by atoms with Crippen LogP contribution >= 0.6 is 0 Å². The largest absolute Gasteiger partial charge is 0.315 e. The molecule has 1 aliphatic carbocycles. The maximum atomic E-state index is 8.86. The van der Waals surface area contributed by atoms with Crippen LogP contribution in [0.15, 0.2) is 18.2 Å². The van der Waals surface area contributed by atoms with E-state index in [2.05, 4.69) is 36.5 Å². The van der Waals surface area contributed by atoms with Gasteiger partial charge >= 0.3 is 0 Å². The first-order chi connectivity index (χ1) is 8.83. The van der Waals surface area contributed by atoms with Crippen molar-refractivity contribution in [3.8, 4) is 6.07 Å². The minimum absolute atomic E-state index is 0.157. The van der Waals surface area contributed by atoms with Gasteiger partial charge in [-0.05, 0) is 55.3 Å². The van der Waals surface area contributed by atoms with E-state index in [-0.39, 0.29) is 5.92 Å². The van der Waals surface area contributed by atoms with Crippen LogP contribution in [0.3, 0.4) is 0 Å². The summed E-state index contributed by atoms with van der Waals surface area (Å²) in [4.78, 5) is 0. The Morgan fingerprint density at radius 2 is 2.17 bits per heavy atom. The lowest BCUT2D eigenvalue weighted by atomic mass is 10.0. The lowest BCUT2D eigenvalue weighted by molar-refractivity contribution is 0.555. The van der Waals surface area contributed by atoms with Crippen LogP contribution in [-0.4, -0.2) is 13.1 Å². The zero-order valence-electron chi connectivity index (χ0n) is 11.2. The van der Waals surface area contributed by atoms with Crippen LogP contribution in [0.2, 0.25) is 0 Å². The van der Waals surface area contributed by atoms with E-state index in [4.69, 9.17) is 5.26 Å². The Hall–Kier alpha value is -1.33. The summed E-state index contributed by atoms with van der Waals surface area (Å²) in [7, 11) is 0. The second-order valence-corrected chi connectivity index (χ2v) is 5.15. The number of rotatable bonds is 6. The van der Waals surface area contributed by atoms with E-state index in [0.29, 0.717) is 0 Å². The third-order valence-electron chi connectivity index (χ3n) is 3.82. The molecule has 0 saturated heterocycles. The van der Waals surface area contributed by atoms with Crippen molar-refractivity contribution in [3.05, 3.63) is 34.9 Å². The Kier molecular flexibility index (Phi) is 4.78. The van der Waals surface area contributed by atoms with Gasteiger partial charge in [-0.3, -0.25) is 0 Å². The predicted octanol–water partition coefficient (Wildman–Crippen LogP) is 2.86. The quantitative estimate of drug-likeness (QED) is 0.779. The topological polar surface area (TPSA) is 35.8 Å². The Morgan fingerprint density at radius 3 is 2.94 bits per heavy atom. The van der Waals surface area contributed by atoms with E-state index >= 15 is 0 Å².